The molecule has 0 aromatic carbocycles. The molecule has 2 fully saturated rings. The molecule has 3 heteroatoms. The van der Waals surface area contributed by atoms with Crippen molar-refractivity contribution in [1.29, 1.82) is 0 Å². The Labute approximate surface area is 189 Å². The highest BCUT2D eigenvalue weighted by molar-refractivity contribution is 9.09. The van der Waals surface area contributed by atoms with E-state index >= 15 is 0 Å². The van der Waals surface area contributed by atoms with E-state index in [0.29, 0.717) is 18.9 Å². The number of carbonyl (C=O) groups excluding carboxylic acids is 1. The summed E-state index contributed by atoms with van der Waals surface area (Å²) in [5.41, 5.74) is 0. The van der Waals surface area contributed by atoms with E-state index in [2.05, 4.69) is 22.9 Å². The fourth-order valence-corrected chi connectivity index (χ4v) is 6.03. The SMILES string of the molecule is CCCCCC1CCC(C2CCC(COC(=O)CCCCCCCBr)CC2)CC1. The lowest BCUT2D eigenvalue weighted by Gasteiger charge is -2.37. The Morgan fingerprint density at radius 3 is 1.97 bits per heavy atom. The van der Waals surface area contributed by atoms with Crippen molar-refractivity contribution in [2.75, 3.05) is 11.9 Å². The molecule has 2 saturated carbocycles. The second kappa shape index (κ2) is 15.7. The molecule has 2 rings (SSSR count). The standard InChI is InChI=1S/C26H47BrO2/c1-2-3-7-10-22-12-16-24(17-13-22)25-18-14-23(15-19-25)21-29-26(28)11-8-5-4-6-9-20-27/h22-25H,2-21H2,1H3. The highest BCUT2D eigenvalue weighted by Gasteiger charge is 2.31. The molecule has 0 radical (unpaired) electrons. The highest BCUT2D eigenvalue weighted by atomic mass is 79.9. The number of esters is 1. The summed E-state index contributed by atoms with van der Waals surface area (Å²) in [6, 6.07) is 0. The molecule has 170 valence electrons. The maximum Gasteiger partial charge on any atom is 0.305 e. The smallest absolute Gasteiger partial charge is 0.305 e. The van der Waals surface area contributed by atoms with E-state index in [1.54, 1.807) is 0 Å². The number of rotatable bonds is 14. The van der Waals surface area contributed by atoms with Crippen molar-refractivity contribution < 1.29 is 9.53 Å². The summed E-state index contributed by atoms with van der Waals surface area (Å²) in [5.74, 6) is 3.63. The van der Waals surface area contributed by atoms with Gasteiger partial charge in [-0.15, -0.1) is 0 Å². The zero-order valence-corrected chi connectivity index (χ0v) is 20.7. The fourth-order valence-electron chi connectivity index (χ4n) is 5.63. The molecule has 0 heterocycles. The number of alkyl halides is 1. The van der Waals surface area contributed by atoms with Gasteiger partial charge in [0.25, 0.3) is 0 Å². The Morgan fingerprint density at radius 1 is 0.759 bits per heavy atom. The van der Waals surface area contributed by atoms with Gasteiger partial charge in [-0.25, -0.2) is 0 Å². The van der Waals surface area contributed by atoms with Gasteiger partial charge in [-0.2, -0.15) is 0 Å². The average Bonchev–Trinajstić information content (AvgIpc) is 2.76. The third-order valence-electron chi connectivity index (χ3n) is 7.66. The van der Waals surface area contributed by atoms with Crippen LogP contribution in [0.4, 0.5) is 0 Å². The van der Waals surface area contributed by atoms with Crippen molar-refractivity contribution in [3.8, 4) is 0 Å². The molecule has 0 N–H and O–H groups in total. The Morgan fingerprint density at radius 2 is 1.34 bits per heavy atom. The van der Waals surface area contributed by atoms with E-state index in [1.165, 1.54) is 96.3 Å². The summed E-state index contributed by atoms with van der Waals surface area (Å²) in [6.07, 6.45) is 23.5. The van der Waals surface area contributed by atoms with Crippen LogP contribution < -0.4 is 0 Å². The summed E-state index contributed by atoms with van der Waals surface area (Å²) in [6.45, 7) is 2.99. The van der Waals surface area contributed by atoms with E-state index < -0.39 is 0 Å². The van der Waals surface area contributed by atoms with Crippen LogP contribution in [0, 0.1) is 23.7 Å². The molecular weight excluding hydrogens is 424 g/mol. The maximum atomic E-state index is 12.0. The first-order chi connectivity index (χ1) is 14.2. The third-order valence-corrected chi connectivity index (χ3v) is 8.22. The monoisotopic (exact) mass is 470 g/mol. The number of carbonyl (C=O) groups is 1. The number of halogens is 1. The van der Waals surface area contributed by atoms with Gasteiger partial charge in [-0.3, -0.25) is 4.79 Å². The van der Waals surface area contributed by atoms with Crippen LogP contribution in [0.15, 0.2) is 0 Å². The quantitative estimate of drug-likeness (QED) is 0.144. The van der Waals surface area contributed by atoms with Crippen LogP contribution in [0.5, 0.6) is 0 Å². The Hall–Kier alpha value is -0.0500. The number of hydrogen-bond donors (Lipinski definition) is 0. The van der Waals surface area contributed by atoms with Crippen molar-refractivity contribution in [3.05, 3.63) is 0 Å². The van der Waals surface area contributed by atoms with Gasteiger partial charge in [0, 0.05) is 11.8 Å². The molecule has 0 unspecified atom stereocenters. The Kier molecular flexibility index (Phi) is 13.7. The second-order valence-electron chi connectivity index (χ2n) is 9.95. The van der Waals surface area contributed by atoms with Gasteiger partial charge in [0.1, 0.15) is 0 Å². The van der Waals surface area contributed by atoms with Crippen molar-refractivity contribution in [3.63, 3.8) is 0 Å². The zero-order chi connectivity index (χ0) is 20.7. The van der Waals surface area contributed by atoms with Crippen LogP contribution in [0.25, 0.3) is 0 Å². The lowest BCUT2D eigenvalue weighted by Crippen LogP contribution is -2.27. The first kappa shape index (κ1) is 25.2. The number of hydrogen-bond acceptors (Lipinski definition) is 2. The fraction of sp³-hybridized carbons (Fsp3) is 0.962. The van der Waals surface area contributed by atoms with E-state index in [-0.39, 0.29) is 5.97 Å². The van der Waals surface area contributed by atoms with Gasteiger partial charge >= 0.3 is 5.97 Å². The number of unbranched alkanes of at least 4 members (excludes halogenated alkanes) is 6. The van der Waals surface area contributed by atoms with Crippen molar-refractivity contribution in [2.45, 2.75) is 122 Å². The van der Waals surface area contributed by atoms with Gasteiger partial charge in [0.05, 0.1) is 6.61 Å². The molecule has 29 heavy (non-hydrogen) atoms. The molecule has 2 aliphatic rings. The predicted octanol–water partition coefficient (Wildman–Crippen LogP) is 8.46. The Bertz CT molecular complexity index is 409. The van der Waals surface area contributed by atoms with E-state index in [4.69, 9.17) is 4.74 Å². The van der Waals surface area contributed by atoms with Crippen molar-refractivity contribution in [2.24, 2.45) is 23.7 Å². The molecule has 0 aromatic rings. The van der Waals surface area contributed by atoms with Gasteiger partial charge in [-0.05, 0) is 75.0 Å². The molecule has 0 bridgehead atoms. The normalized spacial score (nSPS) is 27.7. The second-order valence-corrected chi connectivity index (χ2v) is 10.7. The third kappa shape index (κ3) is 10.7. The highest BCUT2D eigenvalue weighted by Crippen LogP contribution is 2.42. The van der Waals surface area contributed by atoms with Crippen LogP contribution in [0.2, 0.25) is 0 Å². The largest absolute Gasteiger partial charge is 0.465 e. The molecular formula is C26H47BrO2. The first-order valence-corrected chi connectivity index (χ1v) is 14.1. The van der Waals surface area contributed by atoms with Crippen LogP contribution >= 0.6 is 15.9 Å². The number of ether oxygens (including phenoxy) is 1. The molecule has 2 aliphatic carbocycles. The summed E-state index contributed by atoms with van der Waals surface area (Å²) in [4.78, 5) is 12.0. The summed E-state index contributed by atoms with van der Waals surface area (Å²) < 4.78 is 5.60. The summed E-state index contributed by atoms with van der Waals surface area (Å²) in [7, 11) is 0. The van der Waals surface area contributed by atoms with Gasteiger partial charge < -0.3 is 4.74 Å². The van der Waals surface area contributed by atoms with E-state index in [0.717, 1.165) is 35.9 Å². The summed E-state index contributed by atoms with van der Waals surface area (Å²) >= 11 is 3.46. The van der Waals surface area contributed by atoms with Crippen LogP contribution in [0.1, 0.15) is 122 Å². The zero-order valence-electron chi connectivity index (χ0n) is 19.1. The molecule has 0 spiro atoms. The molecule has 0 atom stereocenters. The molecule has 0 saturated heterocycles. The van der Waals surface area contributed by atoms with Gasteiger partial charge in [-0.1, -0.05) is 80.6 Å². The summed E-state index contributed by atoms with van der Waals surface area (Å²) in [5, 5.41) is 1.09. The van der Waals surface area contributed by atoms with Gasteiger partial charge in [0.2, 0.25) is 0 Å². The van der Waals surface area contributed by atoms with Crippen molar-refractivity contribution >= 4 is 21.9 Å². The van der Waals surface area contributed by atoms with Gasteiger partial charge in [0.15, 0.2) is 0 Å². The lowest BCUT2D eigenvalue weighted by atomic mass is 9.69. The molecule has 0 amide bonds. The van der Waals surface area contributed by atoms with Crippen molar-refractivity contribution in [1.82, 2.24) is 0 Å². The van der Waals surface area contributed by atoms with Crippen LogP contribution in [-0.4, -0.2) is 17.9 Å². The van der Waals surface area contributed by atoms with E-state index in [1.807, 2.05) is 0 Å². The first-order valence-electron chi connectivity index (χ1n) is 12.9. The average molecular weight is 472 g/mol. The molecule has 0 aromatic heterocycles. The molecule has 0 aliphatic heterocycles. The minimum Gasteiger partial charge on any atom is -0.465 e. The molecule has 2 nitrogen and oxygen atoms in total. The lowest BCUT2D eigenvalue weighted by molar-refractivity contribution is -0.145. The maximum absolute atomic E-state index is 12.0. The van der Waals surface area contributed by atoms with E-state index in [9.17, 15) is 4.79 Å². The van der Waals surface area contributed by atoms with Crippen LogP contribution in [-0.2, 0) is 9.53 Å². The topological polar surface area (TPSA) is 26.3 Å². The minimum atomic E-state index is 0.0361. The minimum absolute atomic E-state index is 0.0361. The Balaban J connectivity index is 1.49. The predicted molar refractivity (Wildman–Crippen MR) is 127 cm³/mol. The van der Waals surface area contributed by atoms with Crippen LogP contribution in [0.3, 0.4) is 0 Å².